The average Bonchev–Trinajstić information content (AvgIpc) is 3.00. The van der Waals surface area contributed by atoms with Gasteiger partial charge in [0, 0.05) is 30.3 Å². The van der Waals surface area contributed by atoms with Crippen LogP contribution in [0.4, 0.5) is 0 Å². The standard InChI is InChI=1S/C19H20N4O/c1-5-22-8-6-7-19(2,3)15-10-13(12-20)9-14-11-16(18(24)21-4)23-17(14)15/h5-11,23H,1H2,2-4H3,(H,21,24)/b7-6+,22-8-. The maximum absolute atomic E-state index is 11.9. The highest BCUT2D eigenvalue weighted by Crippen LogP contribution is 2.32. The van der Waals surface area contributed by atoms with Crippen LogP contribution in [0.5, 0.6) is 0 Å². The number of carbonyl (C=O) groups excluding carboxylic acids is 1. The van der Waals surface area contributed by atoms with Crippen molar-refractivity contribution in [1.29, 1.82) is 5.26 Å². The van der Waals surface area contributed by atoms with E-state index >= 15 is 0 Å². The summed E-state index contributed by atoms with van der Waals surface area (Å²) in [5.41, 5.74) is 2.46. The third-order valence-corrected chi connectivity index (χ3v) is 3.81. The first-order valence-electron chi connectivity index (χ1n) is 7.54. The van der Waals surface area contributed by atoms with Crippen molar-refractivity contribution in [2.45, 2.75) is 19.3 Å². The molecule has 0 saturated carbocycles. The van der Waals surface area contributed by atoms with Crippen molar-refractivity contribution < 1.29 is 4.79 Å². The van der Waals surface area contributed by atoms with Crippen LogP contribution in [0.3, 0.4) is 0 Å². The van der Waals surface area contributed by atoms with E-state index < -0.39 is 0 Å². The van der Waals surface area contributed by atoms with Crippen molar-refractivity contribution in [3.05, 3.63) is 60.0 Å². The molecule has 24 heavy (non-hydrogen) atoms. The van der Waals surface area contributed by atoms with E-state index in [1.807, 2.05) is 32.1 Å². The Balaban J connectivity index is 2.62. The van der Waals surface area contributed by atoms with Gasteiger partial charge in [0.2, 0.25) is 0 Å². The van der Waals surface area contributed by atoms with Gasteiger partial charge in [-0.3, -0.25) is 9.79 Å². The smallest absolute Gasteiger partial charge is 0.267 e. The molecule has 1 aromatic carbocycles. The fraction of sp³-hybridized carbons (Fsp3) is 0.211. The fourth-order valence-electron chi connectivity index (χ4n) is 2.56. The van der Waals surface area contributed by atoms with Gasteiger partial charge in [0.15, 0.2) is 0 Å². The highest BCUT2D eigenvalue weighted by Gasteiger charge is 2.22. The van der Waals surface area contributed by atoms with E-state index in [-0.39, 0.29) is 11.3 Å². The Labute approximate surface area is 141 Å². The van der Waals surface area contributed by atoms with Crippen LogP contribution in [0.15, 0.2) is 48.1 Å². The van der Waals surface area contributed by atoms with Gasteiger partial charge in [-0.2, -0.15) is 5.26 Å². The molecular formula is C19H20N4O. The Morgan fingerprint density at radius 2 is 2.17 bits per heavy atom. The maximum Gasteiger partial charge on any atom is 0.267 e. The van der Waals surface area contributed by atoms with Gasteiger partial charge < -0.3 is 10.3 Å². The SMILES string of the molecule is C=C/N=C\C=C\C(C)(C)c1cc(C#N)cc2cc(C(=O)NC)[nH]c12. The van der Waals surface area contributed by atoms with Gasteiger partial charge in [0.1, 0.15) is 5.69 Å². The molecule has 0 aliphatic carbocycles. The number of hydrogen-bond acceptors (Lipinski definition) is 3. The van der Waals surface area contributed by atoms with Crippen LogP contribution in [0.2, 0.25) is 0 Å². The van der Waals surface area contributed by atoms with Gasteiger partial charge in [0.25, 0.3) is 5.91 Å². The number of hydrogen-bond donors (Lipinski definition) is 2. The second-order valence-electron chi connectivity index (χ2n) is 5.92. The molecule has 0 fully saturated rings. The maximum atomic E-state index is 11.9. The van der Waals surface area contributed by atoms with Crippen molar-refractivity contribution in [2.75, 3.05) is 7.05 Å². The van der Waals surface area contributed by atoms with Crippen LogP contribution < -0.4 is 5.32 Å². The van der Waals surface area contributed by atoms with Gasteiger partial charge in [0.05, 0.1) is 17.1 Å². The molecule has 0 radical (unpaired) electrons. The molecule has 5 nitrogen and oxygen atoms in total. The molecule has 0 atom stereocenters. The molecule has 1 aromatic heterocycles. The minimum absolute atomic E-state index is 0.192. The minimum atomic E-state index is -0.358. The molecule has 1 amide bonds. The normalized spacial score (nSPS) is 11.9. The summed E-state index contributed by atoms with van der Waals surface area (Å²) < 4.78 is 0. The summed E-state index contributed by atoms with van der Waals surface area (Å²) in [7, 11) is 1.58. The molecule has 0 saturated heterocycles. The molecule has 0 aliphatic heterocycles. The Bertz CT molecular complexity index is 879. The Morgan fingerprint density at radius 1 is 1.42 bits per heavy atom. The highest BCUT2D eigenvalue weighted by atomic mass is 16.1. The lowest BCUT2D eigenvalue weighted by Crippen LogP contribution is -2.18. The number of aromatic amines is 1. The third-order valence-electron chi connectivity index (χ3n) is 3.81. The zero-order chi connectivity index (χ0) is 17.7. The largest absolute Gasteiger partial charge is 0.354 e. The molecule has 5 heteroatoms. The van der Waals surface area contributed by atoms with Crippen LogP contribution >= 0.6 is 0 Å². The van der Waals surface area contributed by atoms with Gasteiger partial charge in [-0.1, -0.05) is 26.5 Å². The van der Waals surface area contributed by atoms with E-state index in [1.165, 1.54) is 6.20 Å². The number of rotatable bonds is 5. The molecule has 0 bridgehead atoms. The first kappa shape index (κ1) is 17.2. The summed E-state index contributed by atoms with van der Waals surface area (Å²) in [4.78, 5) is 19.0. The first-order valence-corrected chi connectivity index (χ1v) is 7.54. The molecule has 2 rings (SSSR count). The number of aliphatic imine (C=N–C) groups is 1. The zero-order valence-corrected chi connectivity index (χ0v) is 14.1. The van der Waals surface area contributed by atoms with E-state index in [4.69, 9.17) is 0 Å². The Kier molecular flexibility index (Phi) is 5.00. The van der Waals surface area contributed by atoms with Gasteiger partial charge in [-0.25, -0.2) is 0 Å². The number of nitrogens with one attached hydrogen (secondary N) is 2. The number of nitrogens with zero attached hydrogens (tertiary/aromatic N) is 2. The van der Waals surface area contributed by atoms with Crippen molar-refractivity contribution in [3.63, 3.8) is 0 Å². The van der Waals surface area contributed by atoms with Gasteiger partial charge in [-0.15, -0.1) is 0 Å². The number of fused-ring (bicyclic) bond motifs is 1. The number of amides is 1. The van der Waals surface area contributed by atoms with E-state index in [0.717, 1.165) is 16.5 Å². The van der Waals surface area contributed by atoms with Crippen molar-refractivity contribution >= 4 is 23.0 Å². The first-order chi connectivity index (χ1) is 11.4. The van der Waals surface area contributed by atoms with E-state index in [9.17, 15) is 10.1 Å². The Morgan fingerprint density at radius 3 is 2.79 bits per heavy atom. The summed E-state index contributed by atoms with van der Waals surface area (Å²) in [6, 6.07) is 7.57. The number of carbonyl (C=O) groups is 1. The molecule has 2 aromatic rings. The summed E-state index contributed by atoms with van der Waals surface area (Å²) in [6.45, 7) is 7.62. The van der Waals surface area contributed by atoms with Crippen LogP contribution in [-0.4, -0.2) is 24.2 Å². The van der Waals surface area contributed by atoms with Crippen molar-refractivity contribution in [3.8, 4) is 6.07 Å². The Hall–Kier alpha value is -3.13. The van der Waals surface area contributed by atoms with Crippen LogP contribution in [0.25, 0.3) is 10.9 Å². The molecule has 122 valence electrons. The quantitative estimate of drug-likeness (QED) is 0.827. The summed E-state index contributed by atoms with van der Waals surface area (Å²) in [5.74, 6) is -0.192. The number of nitriles is 1. The number of allylic oxidation sites excluding steroid dienone is 2. The van der Waals surface area contributed by atoms with Crippen LogP contribution in [-0.2, 0) is 5.41 Å². The zero-order valence-electron chi connectivity index (χ0n) is 14.1. The summed E-state index contributed by atoms with van der Waals surface area (Å²) >= 11 is 0. The number of aromatic nitrogens is 1. The molecule has 1 heterocycles. The summed E-state index contributed by atoms with van der Waals surface area (Å²) in [5, 5.41) is 12.7. The van der Waals surface area contributed by atoms with E-state index in [2.05, 4.69) is 27.9 Å². The van der Waals surface area contributed by atoms with Crippen molar-refractivity contribution in [1.82, 2.24) is 10.3 Å². The van der Waals surface area contributed by atoms with Gasteiger partial charge in [-0.05, 0) is 29.8 Å². The van der Waals surface area contributed by atoms with Gasteiger partial charge >= 0.3 is 0 Å². The van der Waals surface area contributed by atoms with Crippen LogP contribution in [0.1, 0.15) is 35.5 Å². The lowest BCUT2D eigenvalue weighted by atomic mass is 9.82. The van der Waals surface area contributed by atoms with E-state index in [0.29, 0.717) is 11.3 Å². The third kappa shape index (κ3) is 3.44. The molecule has 0 unspecified atom stereocenters. The lowest BCUT2D eigenvalue weighted by Gasteiger charge is -2.22. The predicted molar refractivity (Wildman–Crippen MR) is 97.3 cm³/mol. The monoisotopic (exact) mass is 320 g/mol. The van der Waals surface area contributed by atoms with E-state index in [1.54, 1.807) is 25.4 Å². The second kappa shape index (κ2) is 6.97. The average molecular weight is 320 g/mol. The summed E-state index contributed by atoms with van der Waals surface area (Å²) in [6.07, 6.45) is 6.96. The number of benzene rings is 1. The number of H-pyrrole nitrogens is 1. The fourth-order valence-corrected chi connectivity index (χ4v) is 2.56. The molecule has 0 spiro atoms. The molecule has 0 aliphatic rings. The minimum Gasteiger partial charge on any atom is -0.354 e. The molecular weight excluding hydrogens is 300 g/mol. The van der Waals surface area contributed by atoms with Crippen LogP contribution in [0, 0.1) is 11.3 Å². The molecule has 2 N–H and O–H groups in total. The van der Waals surface area contributed by atoms with Crippen molar-refractivity contribution in [2.24, 2.45) is 4.99 Å². The topological polar surface area (TPSA) is 81.0 Å². The lowest BCUT2D eigenvalue weighted by molar-refractivity contribution is 0.0959. The second-order valence-corrected chi connectivity index (χ2v) is 5.92. The predicted octanol–water partition coefficient (Wildman–Crippen LogP) is 3.45. The highest BCUT2D eigenvalue weighted by molar-refractivity contribution is 5.99.